The summed E-state index contributed by atoms with van der Waals surface area (Å²) in [6.07, 6.45) is 13.7. The standard InChI is InChI=1S/C13H23N3/c1-2-6-12(5-1)7-3-4-8-14-11-13-15-9-10-16-13/h9-10,12,14H,1-8,11H2,(H,15,16). The summed E-state index contributed by atoms with van der Waals surface area (Å²) in [5.41, 5.74) is 0. The van der Waals surface area contributed by atoms with E-state index in [1.54, 1.807) is 6.20 Å². The normalized spacial score (nSPS) is 17.0. The molecule has 1 fully saturated rings. The Kier molecular flexibility index (Phi) is 4.87. The molecule has 0 bridgehead atoms. The molecule has 90 valence electrons. The Morgan fingerprint density at radius 3 is 2.94 bits per heavy atom. The molecule has 1 heterocycles. The van der Waals surface area contributed by atoms with E-state index >= 15 is 0 Å². The van der Waals surface area contributed by atoms with Crippen LogP contribution in [0.2, 0.25) is 0 Å². The van der Waals surface area contributed by atoms with E-state index in [4.69, 9.17) is 0 Å². The average molecular weight is 221 g/mol. The Labute approximate surface area is 98.1 Å². The third-order valence-electron chi connectivity index (χ3n) is 3.54. The van der Waals surface area contributed by atoms with Crippen molar-refractivity contribution in [3.8, 4) is 0 Å². The molecule has 1 saturated carbocycles. The molecule has 0 aromatic carbocycles. The van der Waals surface area contributed by atoms with Crippen molar-refractivity contribution in [1.82, 2.24) is 15.3 Å². The highest BCUT2D eigenvalue weighted by Gasteiger charge is 2.13. The van der Waals surface area contributed by atoms with Gasteiger partial charge in [-0.25, -0.2) is 4.98 Å². The Morgan fingerprint density at radius 1 is 1.31 bits per heavy atom. The molecule has 2 N–H and O–H groups in total. The number of rotatable bonds is 7. The minimum absolute atomic E-state index is 0.871. The molecule has 16 heavy (non-hydrogen) atoms. The van der Waals surface area contributed by atoms with Gasteiger partial charge >= 0.3 is 0 Å². The number of imidazole rings is 1. The Morgan fingerprint density at radius 2 is 2.19 bits per heavy atom. The maximum atomic E-state index is 4.18. The lowest BCUT2D eigenvalue weighted by molar-refractivity contribution is 0.465. The molecule has 1 aromatic rings. The van der Waals surface area contributed by atoms with E-state index in [1.165, 1.54) is 44.9 Å². The van der Waals surface area contributed by atoms with Crippen molar-refractivity contribution in [3.05, 3.63) is 18.2 Å². The highest BCUT2D eigenvalue weighted by Crippen LogP contribution is 2.28. The Hall–Kier alpha value is -0.830. The maximum Gasteiger partial charge on any atom is 0.120 e. The summed E-state index contributed by atoms with van der Waals surface area (Å²) in [6, 6.07) is 0. The first kappa shape index (κ1) is 11.6. The van der Waals surface area contributed by atoms with Crippen molar-refractivity contribution >= 4 is 0 Å². The number of hydrogen-bond acceptors (Lipinski definition) is 2. The van der Waals surface area contributed by atoms with Gasteiger partial charge in [-0.05, 0) is 18.9 Å². The zero-order valence-corrected chi connectivity index (χ0v) is 10.0. The third kappa shape index (κ3) is 3.97. The van der Waals surface area contributed by atoms with E-state index in [-0.39, 0.29) is 0 Å². The molecule has 0 radical (unpaired) electrons. The first-order valence-electron chi connectivity index (χ1n) is 6.64. The largest absolute Gasteiger partial charge is 0.348 e. The minimum atomic E-state index is 0.871. The van der Waals surface area contributed by atoms with Crippen LogP contribution in [0.5, 0.6) is 0 Å². The van der Waals surface area contributed by atoms with Crippen LogP contribution in [0, 0.1) is 5.92 Å². The highest BCUT2D eigenvalue weighted by molar-refractivity contribution is 4.85. The maximum absolute atomic E-state index is 4.18. The first-order valence-corrected chi connectivity index (χ1v) is 6.64. The van der Waals surface area contributed by atoms with Crippen LogP contribution in [-0.2, 0) is 6.54 Å². The van der Waals surface area contributed by atoms with Gasteiger partial charge in [0.2, 0.25) is 0 Å². The second-order valence-corrected chi connectivity index (χ2v) is 4.86. The van der Waals surface area contributed by atoms with Crippen molar-refractivity contribution in [2.75, 3.05) is 6.54 Å². The SMILES string of the molecule is c1c[nH]c(CNCCCCC2CCCC2)n1. The van der Waals surface area contributed by atoms with Gasteiger partial charge in [-0.3, -0.25) is 0 Å². The molecule has 1 aliphatic rings. The number of H-pyrrole nitrogens is 1. The van der Waals surface area contributed by atoms with Crippen LogP contribution in [0.25, 0.3) is 0 Å². The van der Waals surface area contributed by atoms with Crippen molar-refractivity contribution in [3.63, 3.8) is 0 Å². The summed E-state index contributed by atoms with van der Waals surface area (Å²) < 4.78 is 0. The number of aromatic amines is 1. The van der Waals surface area contributed by atoms with Crippen molar-refractivity contribution in [2.24, 2.45) is 5.92 Å². The van der Waals surface area contributed by atoms with E-state index in [0.29, 0.717) is 0 Å². The van der Waals surface area contributed by atoms with E-state index < -0.39 is 0 Å². The predicted octanol–water partition coefficient (Wildman–Crippen LogP) is 2.86. The lowest BCUT2D eigenvalue weighted by Gasteiger charge is -2.08. The van der Waals surface area contributed by atoms with Gasteiger partial charge in [0.1, 0.15) is 5.82 Å². The molecule has 0 spiro atoms. The van der Waals surface area contributed by atoms with Gasteiger partial charge < -0.3 is 10.3 Å². The van der Waals surface area contributed by atoms with Gasteiger partial charge in [-0.2, -0.15) is 0 Å². The molecule has 3 nitrogen and oxygen atoms in total. The van der Waals surface area contributed by atoms with Gasteiger partial charge in [0.25, 0.3) is 0 Å². The van der Waals surface area contributed by atoms with Crippen molar-refractivity contribution < 1.29 is 0 Å². The number of unbranched alkanes of at least 4 members (excludes halogenated alkanes) is 1. The number of nitrogens with zero attached hydrogens (tertiary/aromatic N) is 1. The van der Waals surface area contributed by atoms with Crippen molar-refractivity contribution in [1.29, 1.82) is 0 Å². The van der Waals surface area contributed by atoms with Gasteiger partial charge in [0.05, 0.1) is 6.54 Å². The molecule has 0 amide bonds. The lowest BCUT2D eigenvalue weighted by atomic mass is 10.0. The smallest absolute Gasteiger partial charge is 0.120 e. The molecule has 1 aliphatic carbocycles. The zero-order chi connectivity index (χ0) is 11.1. The van der Waals surface area contributed by atoms with Crippen LogP contribution < -0.4 is 5.32 Å². The highest BCUT2D eigenvalue weighted by atomic mass is 15.0. The fraction of sp³-hybridized carbons (Fsp3) is 0.769. The molecule has 1 aromatic heterocycles. The van der Waals surface area contributed by atoms with Crippen LogP contribution >= 0.6 is 0 Å². The molecule has 3 heteroatoms. The first-order chi connectivity index (χ1) is 7.95. The predicted molar refractivity (Wildman–Crippen MR) is 66.1 cm³/mol. The minimum Gasteiger partial charge on any atom is -0.348 e. The Bertz CT molecular complexity index is 263. The van der Waals surface area contributed by atoms with E-state index in [2.05, 4.69) is 15.3 Å². The Balaban J connectivity index is 1.43. The number of hydrogen-bond donors (Lipinski definition) is 2. The average Bonchev–Trinajstić information content (AvgIpc) is 2.96. The summed E-state index contributed by atoms with van der Waals surface area (Å²) in [5.74, 6) is 2.08. The van der Waals surface area contributed by atoms with Gasteiger partial charge in [-0.15, -0.1) is 0 Å². The number of aromatic nitrogens is 2. The van der Waals surface area contributed by atoms with Crippen LogP contribution in [0.1, 0.15) is 50.8 Å². The molecule has 0 unspecified atom stereocenters. The van der Waals surface area contributed by atoms with Crippen LogP contribution in [0.15, 0.2) is 12.4 Å². The second kappa shape index (κ2) is 6.69. The van der Waals surface area contributed by atoms with E-state index in [9.17, 15) is 0 Å². The monoisotopic (exact) mass is 221 g/mol. The van der Waals surface area contributed by atoms with Crippen molar-refractivity contribution in [2.45, 2.75) is 51.5 Å². The molecular weight excluding hydrogens is 198 g/mol. The molecular formula is C13H23N3. The molecule has 0 saturated heterocycles. The lowest BCUT2D eigenvalue weighted by Crippen LogP contribution is -2.15. The van der Waals surface area contributed by atoms with Gasteiger partial charge in [0, 0.05) is 12.4 Å². The fourth-order valence-corrected chi connectivity index (χ4v) is 2.58. The topological polar surface area (TPSA) is 40.7 Å². The third-order valence-corrected chi connectivity index (χ3v) is 3.54. The van der Waals surface area contributed by atoms with Crippen LogP contribution in [-0.4, -0.2) is 16.5 Å². The van der Waals surface area contributed by atoms with E-state index in [0.717, 1.165) is 24.8 Å². The van der Waals surface area contributed by atoms with Crippen LogP contribution in [0.4, 0.5) is 0 Å². The summed E-state index contributed by atoms with van der Waals surface area (Å²) >= 11 is 0. The zero-order valence-electron chi connectivity index (χ0n) is 10.0. The number of nitrogens with one attached hydrogen (secondary N) is 2. The summed E-state index contributed by atoms with van der Waals surface area (Å²) in [6.45, 7) is 1.99. The molecule has 0 aliphatic heterocycles. The van der Waals surface area contributed by atoms with Crippen LogP contribution in [0.3, 0.4) is 0 Å². The van der Waals surface area contributed by atoms with Gasteiger partial charge in [-0.1, -0.05) is 38.5 Å². The summed E-state index contributed by atoms with van der Waals surface area (Å²) in [7, 11) is 0. The fourth-order valence-electron chi connectivity index (χ4n) is 2.58. The van der Waals surface area contributed by atoms with E-state index in [1.807, 2.05) is 6.20 Å². The van der Waals surface area contributed by atoms with Gasteiger partial charge in [0.15, 0.2) is 0 Å². The molecule has 0 atom stereocenters. The second-order valence-electron chi connectivity index (χ2n) is 4.86. The summed E-state index contributed by atoms with van der Waals surface area (Å²) in [4.78, 5) is 7.28. The quantitative estimate of drug-likeness (QED) is 0.695. The molecule has 2 rings (SSSR count). The summed E-state index contributed by atoms with van der Waals surface area (Å²) in [5, 5.41) is 3.42.